The Morgan fingerprint density at radius 2 is 1.76 bits per heavy atom. The maximum Gasteiger partial charge on any atom is 0.410 e. The predicted octanol–water partition coefficient (Wildman–Crippen LogP) is 6.18. The number of fused-ring (bicyclic) bond motifs is 1. The monoisotopic (exact) mass is 513 g/mol. The molecule has 0 aliphatic carbocycles. The average molecular weight is 514 g/mol. The fourth-order valence-electron chi connectivity index (χ4n) is 4.01. The van der Waals surface area contributed by atoms with Crippen LogP contribution in [-0.2, 0) is 4.74 Å². The van der Waals surface area contributed by atoms with Crippen molar-refractivity contribution in [3.8, 4) is 17.2 Å². The zero-order chi connectivity index (χ0) is 26.9. The van der Waals surface area contributed by atoms with Crippen LogP contribution in [0.1, 0.15) is 32.0 Å². The van der Waals surface area contributed by atoms with Gasteiger partial charge in [0.05, 0.1) is 24.8 Å². The quantitative estimate of drug-likeness (QED) is 0.327. The highest BCUT2D eigenvalue weighted by atomic mass is 16.6. The molecule has 38 heavy (non-hydrogen) atoms. The highest BCUT2D eigenvalue weighted by molar-refractivity contribution is 5.91. The van der Waals surface area contributed by atoms with E-state index in [1.54, 1.807) is 11.1 Å². The molecule has 0 spiro atoms. The second-order valence-corrected chi connectivity index (χ2v) is 10.4. The molecule has 1 fully saturated rings. The first kappa shape index (κ1) is 25.3. The molecule has 1 N–H and O–H groups in total. The van der Waals surface area contributed by atoms with E-state index < -0.39 is 5.60 Å². The molecule has 2 aromatic heterocycles. The predicted molar refractivity (Wildman–Crippen MR) is 145 cm³/mol. The maximum atomic E-state index is 12.2. The molecule has 1 saturated heterocycles. The third-order valence-corrected chi connectivity index (χ3v) is 5.96. The number of hydrogen-bond donors (Lipinski definition) is 1. The summed E-state index contributed by atoms with van der Waals surface area (Å²) >= 11 is 0. The number of aryl methyl sites for hydroxylation is 2. The summed E-state index contributed by atoms with van der Waals surface area (Å²) in [5.74, 6) is 2.80. The van der Waals surface area contributed by atoms with Gasteiger partial charge < -0.3 is 24.4 Å². The smallest absolute Gasteiger partial charge is 0.410 e. The van der Waals surface area contributed by atoms with Crippen molar-refractivity contribution in [3.05, 3.63) is 72.3 Å². The maximum absolute atomic E-state index is 12.2. The molecule has 1 aliphatic heterocycles. The van der Waals surface area contributed by atoms with Gasteiger partial charge in [-0.25, -0.2) is 14.8 Å². The van der Waals surface area contributed by atoms with E-state index in [-0.39, 0.29) is 12.2 Å². The Labute approximate surface area is 221 Å². The third-order valence-electron chi connectivity index (χ3n) is 5.96. The number of benzene rings is 2. The van der Waals surface area contributed by atoms with Gasteiger partial charge in [-0.05, 0) is 88.7 Å². The van der Waals surface area contributed by atoms with Gasteiger partial charge in [0.25, 0.3) is 0 Å². The molecule has 0 atom stereocenters. The minimum absolute atomic E-state index is 0.0973. The van der Waals surface area contributed by atoms with E-state index in [1.807, 2.05) is 83.1 Å². The van der Waals surface area contributed by atoms with Crippen LogP contribution >= 0.6 is 0 Å². The Hall–Kier alpha value is -4.40. The Balaban J connectivity index is 1.27. The SMILES string of the molecule is Cc1ccc(Oc2ccc(Nc3ncnc4ccc(OC5CN(C(=O)OC(C)(C)C)C5)cc34)cc2C)cn1. The van der Waals surface area contributed by atoms with E-state index >= 15 is 0 Å². The largest absolute Gasteiger partial charge is 0.487 e. The summed E-state index contributed by atoms with van der Waals surface area (Å²) in [6.07, 6.45) is 2.83. The van der Waals surface area contributed by atoms with Gasteiger partial charge in [-0.1, -0.05) is 0 Å². The molecule has 0 bridgehead atoms. The number of likely N-dealkylation sites (tertiary alicyclic amines) is 1. The van der Waals surface area contributed by atoms with Crippen LogP contribution in [0.5, 0.6) is 17.2 Å². The van der Waals surface area contributed by atoms with Crippen molar-refractivity contribution in [2.75, 3.05) is 18.4 Å². The first-order chi connectivity index (χ1) is 18.1. The molecule has 196 valence electrons. The first-order valence-corrected chi connectivity index (χ1v) is 12.5. The van der Waals surface area contributed by atoms with Crippen molar-refractivity contribution in [1.29, 1.82) is 0 Å². The van der Waals surface area contributed by atoms with E-state index in [2.05, 4.69) is 20.3 Å². The van der Waals surface area contributed by atoms with E-state index in [1.165, 1.54) is 6.33 Å². The van der Waals surface area contributed by atoms with Crippen LogP contribution in [0.25, 0.3) is 10.9 Å². The van der Waals surface area contributed by atoms with Crippen molar-refractivity contribution in [3.63, 3.8) is 0 Å². The highest BCUT2D eigenvalue weighted by Crippen LogP contribution is 2.31. The molecule has 1 aliphatic rings. The molecule has 2 aromatic carbocycles. The standard InChI is InChI=1S/C29H31N5O4/c1-18-12-20(7-11-26(18)37-22-8-6-19(2)30-14-22)33-27-24-13-21(9-10-25(24)31-17-32-27)36-23-15-34(16-23)28(35)38-29(3,4)5/h6-14,17,23H,15-16H2,1-5H3,(H,31,32,33). The summed E-state index contributed by atoms with van der Waals surface area (Å²) in [6, 6.07) is 15.4. The summed E-state index contributed by atoms with van der Waals surface area (Å²) in [5.41, 5.74) is 3.06. The first-order valence-electron chi connectivity index (χ1n) is 12.5. The fraction of sp³-hybridized carbons (Fsp3) is 0.310. The lowest BCUT2D eigenvalue weighted by Gasteiger charge is -2.39. The highest BCUT2D eigenvalue weighted by Gasteiger charge is 2.35. The molecule has 9 heteroatoms. The van der Waals surface area contributed by atoms with Crippen LogP contribution < -0.4 is 14.8 Å². The minimum atomic E-state index is -0.519. The van der Waals surface area contributed by atoms with E-state index in [9.17, 15) is 4.79 Å². The molecule has 9 nitrogen and oxygen atoms in total. The third kappa shape index (κ3) is 5.94. The lowest BCUT2D eigenvalue weighted by Crippen LogP contribution is -2.57. The van der Waals surface area contributed by atoms with Crippen LogP contribution in [0.2, 0.25) is 0 Å². The average Bonchev–Trinajstić information content (AvgIpc) is 2.83. The lowest BCUT2D eigenvalue weighted by atomic mass is 10.1. The Kier molecular flexibility index (Phi) is 6.75. The Bertz CT molecular complexity index is 1460. The van der Waals surface area contributed by atoms with E-state index in [0.717, 1.165) is 33.6 Å². The number of rotatable bonds is 6. The van der Waals surface area contributed by atoms with Crippen molar-refractivity contribution in [1.82, 2.24) is 19.9 Å². The molecule has 0 saturated carbocycles. The summed E-state index contributed by atoms with van der Waals surface area (Å²) < 4.78 is 17.5. The summed E-state index contributed by atoms with van der Waals surface area (Å²) in [7, 11) is 0. The summed E-state index contributed by atoms with van der Waals surface area (Å²) in [4.78, 5) is 27.0. The molecular weight excluding hydrogens is 482 g/mol. The molecular formula is C29H31N5O4. The zero-order valence-electron chi connectivity index (χ0n) is 22.2. The van der Waals surface area contributed by atoms with Crippen LogP contribution in [0.3, 0.4) is 0 Å². The van der Waals surface area contributed by atoms with Gasteiger partial charge in [-0.15, -0.1) is 0 Å². The van der Waals surface area contributed by atoms with Gasteiger partial charge in [-0.2, -0.15) is 0 Å². The number of carbonyl (C=O) groups is 1. The number of amides is 1. The second-order valence-electron chi connectivity index (χ2n) is 10.4. The van der Waals surface area contributed by atoms with Crippen molar-refractivity contribution in [2.45, 2.75) is 46.3 Å². The number of nitrogens with one attached hydrogen (secondary N) is 1. The molecule has 4 aromatic rings. The van der Waals surface area contributed by atoms with Gasteiger partial charge in [0, 0.05) is 16.8 Å². The van der Waals surface area contributed by atoms with E-state index in [4.69, 9.17) is 14.2 Å². The van der Waals surface area contributed by atoms with Gasteiger partial charge in [0.15, 0.2) is 0 Å². The van der Waals surface area contributed by atoms with Gasteiger partial charge in [0.2, 0.25) is 0 Å². The summed E-state index contributed by atoms with van der Waals surface area (Å²) in [6.45, 7) is 10.5. The number of anilines is 2. The van der Waals surface area contributed by atoms with Crippen LogP contribution in [-0.4, -0.2) is 50.7 Å². The fourth-order valence-corrected chi connectivity index (χ4v) is 4.01. The lowest BCUT2D eigenvalue weighted by molar-refractivity contribution is -0.0221. The van der Waals surface area contributed by atoms with Gasteiger partial charge >= 0.3 is 6.09 Å². The zero-order valence-corrected chi connectivity index (χ0v) is 22.2. The number of aromatic nitrogens is 3. The number of carbonyl (C=O) groups excluding carboxylic acids is 1. The minimum Gasteiger partial charge on any atom is -0.487 e. The van der Waals surface area contributed by atoms with Crippen LogP contribution in [0.4, 0.5) is 16.3 Å². The van der Waals surface area contributed by atoms with Crippen LogP contribution in [0.15, 0.2) is 61.1 Å². The molecule has 1 amide bonds. The van der Waals surface area contributed by atoms with E-state index in [0.29, 0.717) is 30.4 Å². The number of ether oxygens (including phenoxy) is 3. The van der Waals surface area contributed by atoms with Crippen LogP contribution in [0, 0.1) is 13.8 Å². The topological polar surface area (TPSA) is 98.7 Å². The van der Waals surface area contributed by atoms with Crippen molar-refractivity contribution < 1.29 is 19.0 Å². The summed E-state index contributed by atoms with van der Waals surface area (Å²) in [5, 5.41) is 4.23. The normalized spacial score (nSPS) is 13.7. The number of pyridine rings is 1. The molecule has 0 radical (unpaired) electrons. The molecule has 0 unspecified atom stereocenters. The molecule has 5 rings (SSSR count). The Morgan fingerprint density at radius 3 is 2.47 bits per heavy atom. The van der Waals surface area contributed by atoms with Gasteiger partial charge in [-0.3, -0.25) is 4.98 Å². The molecule has 3 heterocycles. The van der Waals surface area contributed by atoms with Crippen molar-refractivity contribution in [2.24, 2.45) is 0 Å². The van der Waals surface area contributed by atoms with Gasteiger partial charge in [0.1, 0.15) is 41.1 Å². The van der Waals surface area contributed by atoms with Crippen molar-refractivity contribution >= 4 is 28.5 Å². The second kappa shape index (κ2) is 10.2. The number of nitrogens with zero attached hydrogens (tertiary/aromatic N) is 4. The number of hydrogen-bond acceptors (Lipinski definition) is 8. The Morgan fingerprint density at radius 1 is 0.974 bits per heavy atom.